The van der Waals surface area contributed by atoms with Gasteiger partial charge in [-0.25, -0.2) is 5.84 Å². The second kappa shape index (κ2) is 6.64. The molecule has 0 aliphatic heterocycles. The van der Waals surface area contributed by atoms with E-state index in [0.717, 1.165) is 19.3 Å². The predicted molar refractivity (Wildman–Crippen MR) is 63.7 cm³/mol. The number of ether oxygens (including phenoxy) is 1. The van der Waals surface area contributed by atoms with Crippen LogP contribution in [-0.4, -0.2) is 16.5 Å². The van der Waals surface area contributed by atoms with Gasteiger partial charge in [0.25, 0.3) is 5.88 Å². The molecule has 0 aromatic carbocycles. The molecule has 0 radical (unpaired) electrons. The van der Waals surface area contributed by atoms with Gasteiger partial charge in [-0.15, -0.1) is 0 Å². The summed E-state index contributed by atoms with van der Waals surface area (Å²) in [6.45, 7) is 2.48. The standard InChI is InChI=1S/C10H16N4O3/c1-2-3-4-7-17-10-8(14(15)16)5-6-9(12-10)13-11/h5-6H,2-4,7,11H2,1H3,(H,12,13). The number of nitrogens with two attached hydrogens (primary N) is 1. The van der Waals surface area contributed by atoms with Crippen molar-refractivity contribution in [3.8, 4) is 5.88 Å². The van der Waals surface area contributed by atoms with Crippen LogP contribution >= 0.6 is 0 Å². The molecule has 1 heterocycles. The smallest absolute Gasteiger partial charge is 0.331 e. The van der Waals surface area contributed by atoms with Crippen LogP contribution in [0.2, 0.25) is 0 Å². The lowest BCUT2D eigenvalue weighted by molar-refractivity contribution is -0.386. The highest BCUT2D eigenvalue weighted by Crippen LogP contribution is 2.26. The Hall–Kier alpha value is -1.89. The highest BCUT2D eigenvalue weighted by molar-refractivity contribution is 5.48. The Balaban J connectivity index is 2.75. The summed E-state index contributed by atoms with van der Waals surface area (Å²) in [5.74, 6) is 5.52. The van der Waals surface area contributed by atoms with Gasteiger partial charge in [0.05, 0.1) is 11.5 Å². The van der Waals surface area contributed by atoms with E-state index < -0.39 is 4.92 Å². The number of nitrogens with one attached hydrogen (secondary N) is 1. The molecule has 0 bridgehead atoms. The largest absolute Gasteiger partial charge is 0.473 e. The molecule has 1 aromatic rings. The summed E-state index contributed by atoms with van der Waals surface area (Å²) in [5.41, 5.74) is 2.17. The molecule has 7 heteroatoms. The van der Waals surface area contributed by atoms with Crippen molar-refractivity contribution in [1.82, 2.24) is 4.98 Å². The maximum Gasteiger partial charge on any atom is 0.331 e. The fraction of sp³-hybridized carbons (Fsp3) is 0.500. The molecule has 0 atom stereocenters. The van der Waals surface area contributed by atoms with Gasteiger partial charge < -0.3 is 10.2 Å². The first-order valence-corrected chi connectivity index (χ1v) is 5.44. The summed E-state index contributed by atoms with van der Waals surface area (Å²) in [5, 5.41) is 10.7. The third-order valence-corrected chi connectivity index (χ3v) is 2.17. The zero-order valence-corrected chi connectivity index (χ0v) is 9.68. The number of nitrogen functional groups attached to an aromatic ring is 1. The second-order valence-electron chi connectivity index (χ2n) is 3.48. The lowest BCUT2D eigenvalue weighted by atomic mass is 10.3. The summed E-state index contributed by atoms with van der Waals surface area (Å²) in [4.78, 5) is 14.1. The fourth-order valence-corrected chi connectivity index (χ4v) is 1.28. The summed E-state index contributed by atoms with van der Waals surface area (Å²) < 4.78 is 5.29. The summed E-state index contributed by atoms with van der Waals surface area (Å²) in [7, 11) is 0. The highest BCUT2D eigenvalue weighted by atomic mass is 16.6. The molecule has 17 heavy (non-hydrogen) atoms. The molecule has 1 rings (SSSR count). The average molecular weight is 240 g/mol. The van der Waals surface area contributed by atoms with Crippen molar-refractivity contribution in [2.45, 2.75) is 26.2 Å². The number of hydrogen-bond acceptors (Lipinski definition) is 6. The zero-order valence-electron chi connectivity index (χ0n) is 9.68. The molecular formula is C10H16N4O3. The fourth-order valence-electron chi connectivity index (χ4n) is 1.28. The molecule has 1 aromatic heterocycles. The van der Waals surface area contributed by atoms with Crippen LogP contribution in [0.1, 0.15) is 26.2 Å². The maximum atomic E-state index is 10.7. The van der Waals surface area contributed by atoms with E-state index >= 15 is 0 Å². The Labute approximate surface area is 99.1 Å². The van der Waals surface area contributed by atoms with E-state index in [1.165, 1.54) is 12.1 Å². The molecule has 0 amide bonds. The van der Waals surface area contributed by atoms with E-state index in [2.05, 4.69) is 17.3 Å². The van der Waals surface area contributed by atoms with E-state index in [-0.39, 0.29) is 11.6 Å². The van der Waals surface area contributed by atoms with Crippen molar-refractivity contribution in [1.29, 1.82) is 0 Å². The first kappa shape index (κ1) is 13.2. The number of nitrogens with zero attached hydrogens (tertiary/aromatic N) is 2. The van der Waals surface area contributed by atoms with Crippen LogP contribution in [0, 0.1) is 10.1 Å². The molecule has 0 saturated carbocycles. The van der Waals surface area contributed by atoms with E-state index in [4.69, 9.17) is 10.6 Å². The van der Waals surface area contributed by atoms with E-state index in [0.29, 0.717) is 12.4 Å². The number of hydrazine groups is 1. The maximum absolute atomic E-state index is 10.7. The van der Waals surface area contributed by atoms with Crippen LogP contribution < -0.4 is 16.0 Å². The molecule has 7 nitrogen and oxygen atoms in total. The minimum atomic E-state index is -0.525. The SMILES string of the molecule is CCCCCOc1nc(NN)ccc1[N+](=O)[O-]. The van der Waals surface area contributed by atoms with E-state index in [9.17, 15) is 10.1 Å². The minimum absolute atomic E-state index is 0.00144. The summed E-state index contributed by atoms with van der Waals surface area (Å²) in [6.07, 6.45) is 2.92. The summed E-state index contributed by atoms with van der Waals surface area (Å²) >= 11 is 0. The van der Waals surface area contributed by atoms with Crippen molar-refractivity contribution in [3.63, 3.8) is 0 Å². The molecular weight excluding hydrogens is 224 g/mol. The van der Waals surface area contributed by atoms with Crippen molar-refractivity contribution < 1.29 is 9.66 Å². The molecule has 0 aliphatic carbocycles. The normalized spacial score (nSPS) is 10.0. The topological polar surface area (TPSA) is 103 Å². The van der Waals surface area contributed by atoms with Crippen LogP contribution in [-0.2, 0) is 0 Å². The van der Waals surface area contributed by atoms with Crippen LogP contribution in [0.15, 0.2) is 12.1 Å². The zero-order chi connectivity index (χ0) is 12.7. The molecule has 0 saturated heterocycles. The molecule has 0 unspecified atom stereocenters. The van der Waals surface area contributed by atoms with Crippen LogP contribution in [0.5, 0.6) is 5.88 Å². The third kappa shape index (κ3) is 3.87. The van der Waals surface area contributed by atoms with Crippen molar-refractivity contribution in [3.05, 3.63) is 22.2 Å². The van der Waals surface area contributed by atoms with Gasteiger partial charge >= 0.3 is 5.69 Å². The second-order valence-corrected chi connectivity index (χ2v) is 3.48. The van der Waals surface area contributed by atoms with Crippen molar-refractivity contribution >= 4 is 11.5 Å². The Morgan fingerprint density at radius 2 is 2.29 bits per heavy atom. The number of aromatic nitrogens is 1. The minimum Gasteiger partial charge on any atom is -0.473 e. The molecule has 0 aliphatic rings. The van der Waals surface area contributed by atoms with Gasteiger partial charge in [-0.1, -0.05) is 19.8 Å². The first-order valence-electron chi connectivity index (χ1n) is 5.44. The first-order chi connectivity index (χ1) is 8.19. The van der Waals surface area contributed by atoms with Crippen LogP contribution in [0.25, 0.3) is 0 Å². The number of rotatable bonds is 7. The van der Waals surface area contributed by atoms with Gasteiger partial charge in [0, 0.05) is 6.07 Å². The predicted octanol–water partition coefficient (Wildman–Crippen LogP) is 1.84. The Morgan fingerprint density at radius 1 is 1.53 bits per heavy atom. The average Bonchev–Trinajstić information content (AvgIpc) is 2.34. The Morgan fingerprint density at radius 3 is 2.88 bits per heavy atom. The van der Waals surface area contributed by atoms with Gasteiger partial charge in [0.15, 0.2) is 0 Å². The third-order valence-electron chi connectivity index (χ3n) is 2.17. The molecule has 3 N–H and O–H groups in total. The van der Waals surface area contributed by atoms with E-state index in [1.807, 2.05) is 0 Å². The van der Waals surface area contributed by atoms with E-state index in [1.54, 1.807) is 0 Å². The quantitative estimate of drug-likeness (QED) is 0.326. The summed E-state index contributed by atoms with van der Waals surface area (Å²) in [6, 6.07) is 2.74. The lowest BCUT2D eigenvalue weighted by Gasteiger charge is -2.06. The Bertz CT molecular complexity index is 384. The highest BCUT2D eigenvalue weighted by Gasteiger charge is 2.17. The van der Waals surface area contributed by atoms with Gasteiger partial charge in [0.2, 0.25) is 0 Å². The lowest BCUT2D eigenvalue weighted by Crippen LogP contribution is -2.10. The van der Waals surface area contributed by atoms with Gasteiger partial charge in [-0.2, -0.15) is 4.98 Å². The molecule has 0 spiro atoms. The van der Waals surface area contributed by atoms with Crippen LogP contribution in [0.3, 0.4) is 0 Å². The number of pyridine rings is 1. The monoisotopic (exact) mass is 240 g/mol. The Kier molecular flexibility index (Phi) is 5.15. The number of nitro groups is 1. The number of unbranched alkanes of at least 4 members (excludes halogenated alkanes) is 2. The van der Waals surface area contributed by atoms with Crippen LogP contribution in [0.4, 0.5) is 11.5 Å². The molecule has 94 valence electrons. The van der Waals surface area contributed by atoms with Gasteiger partial charge in [-0.3, -0.25) is 10.1 Å². The van der Waals surface area contributed by atoms with Gasteiger partial charge in [0.1, 0.15) is 5.82 Å². The van der Waals surface area contributed by atoms with Crippen molar-refractivity contribution in [2.75, 3.05) is 12.0 Å². The van der Waals surface area contributed by atoms with Crippen molar-refractivity contribution in [2.24, 2.45) is 5.84 Å². The molecule has 0 fully saturated rings. The number of hydrogen-bond donors (Lipinski definition) is 2. The van der Waals surface area contributed by atoms with Gasteiger partial charge in [-0.05, 0) is 12.5 Å². The number of anilines is 1.